The second kappa shape index (κ2) is 9.01. The van der Waals surface area contributed by atoms with Gasteiger partial charge in [-0.15, -0.1) is 0 Å². The van der Waals surface area contributed by atoms with Gasteiger partial charge < -0.3 is 15.4 Å². The molecular weight excluding hydrogens is 290 g/mol. The summed E-state index contributed by atoms with van der Waals surface area (Å²) in [5.41, 5.74) is 2.27. The molecule has 0 spiro atoms. The Balaban J connectivity index is 1.73. The van der Waals surface area contributed by atoms with Gasteiger partial charge in [-0.2, -0.15) is 0 Å². The fourth-order valence-electron chi connectivity index (χ4n) is 2.58. The number of ether oxygens (including phenoxy) is 1. The molecule has 1 aromatic carbocycles. The second-order valence-electron chi connectivity index (χ2n) is 6.48. The Labute approximate surface area is 139 Å². The predicted molar refractivity (Wildman–Crippen MR) is 92.1 cm³/mol. The van der Waals surface area contributed by atoms with Gasteiger partial charge in [-0.3, -0.25) is 9.69 Å². The van der Waals surface area contributed by atoms with Crippen molar-refractivity contribution in [3.63, 3.8) is 0 Å². The Bertz CT molecular complexity index is 488. The highest BCUT2D eigenvalue weighted by molar-refractivity contribution is 5.78. The number of carbonyl (C=O) groups excluding carboxylic acids is 1. The normalized spacial score (nSPS) is 19.0. The lowest BCUT2D eigenvalue weighted by molar-refractivity contribution is -0.123. The van der Waals surface area contributed by atoms with Crippen molar-refractivity contribution in [2.24, 2.45) is 0 Å². The summed E-state index contributed by atoms with van der Waals surface area (Å²) in [6, 6.07) is 8.62. The van der Waals surface area contributed by atoms with Gasteiger partial charge in [-0.1, -0.05) is 24.3 Å². The van der Waals surface area contributed by atoms with Gasteiger partial charge in [-0.05, 0) is 31.9 Å². The predicted octanol–water partition coefficient (Wildman–Crippen LogP) is 1.52. The molecule has 1 atom stereocenters. The fourth-order valence-corrected chi connectivity index (χ4v) is 2.58. The molecule has 1 aliphatic heterocycles. The van der Waals surface area contributed by atoms with Crippen LogP contribution in [0.2, 0.25) is 0 Å². The number of hydrogen-bond donors (Lipinski definition) is 2. The highest BCUT2D eigenvalue weighted by Crippen LogP contribution is 2.07. The Morgan fingerprint density at radius 1 is 1.35 bits per heavy atom. The van der Waals surface area contributed by atoms with Crippen LogP contribution < -0.4 is 10.6 Å². The molecule has 0 aromatic heterocycles. The van der Waals surface area contributed by atoms with Crippen molar-refractivity contribution < 1.29 is 9.53 Å². The first-order valence-electron chi connectivity index (χ1n) is 8.45. The minimum atomic E-state index is 0.0889. The van der Waals surface area contributed by atoms with Crippen molar-refractivity contribution in [3.8, 4) is 0 Å². The van der Waals surface area contributed by atoms with Crippen LogP contribution in [0, 0.1) is 0 Å². The molecular formula is C18H29N3O2. The van der Waals surface area contributed by atoms with Crippen LogP contribution in [-0.2, 0) is 22.7 Å². The molecule has 1 aromatic rings. The van der Waals surface area contributed by atoms with Gasteiger partial charge >= 0.3 is 0 Å². The maximum atomic E-state index is 12.1. The van der Waals surface area contributed by atoms with E-state index < -0.39 is 0 Å². The number of piperazine rings is 1. The van der Waals surface area contributed by atoms with Crippen LogP contribution in [0.1, 0.15) is 31.9 Å². The summed E-state index contributed by atoms with van der Waals surface area (Å²) in [7, 11) is 0. The number of amides is 1. The van der Waals surface area contributed by atoms with Crippen molar-refractivity contribution >= 4 is 5.91 Å². The van der Waals surface area contributed by atoms with Gasteiger partial charge in [-0.25, -0.2) is 0 Å². The molecule has 128 valence electrons. The van der Waals surface area contributed by atoms with E-state index >= 15 is 0 Å². The maximum absolute atomic E-state index is 12.1. The monoisotopic (exact) mass is 319 g/mol. The van der Waals surface area contributed by atoms with Crippen LogP contribution in [0.4, 0.5) is 0 Å². The molecule has 5 nitrogen and oxygen atoms in total. The van der Waals surface area contributed by atoms with Crippen LogP contribution in [0.15, 0.2) is 24.3 Å². The van der Waals surface area contributed by atoms with Crippen molar-refractivity contribution in [1.29, 1.82) is 0 Å². The molecule has 0 saturated carbocycles. The molecule has 2 rings (SSSR count). The summed E-state index contributed by atoms with van der Waals surface area (Å²) in [5, 5.41) is 6.34. The molecule has 1 amide bonds. The molecule has 1 fully saturated rings. The molecule has 0 radical (unpaired) electrons. The lowest BCUT2D eigenvalue weighted by atomic mass is 10.1. The Kier molecular flexibility index (Phi) is 7.02. The molecule has 2 N–H and O–H groups in total. The number of benzene rings is 1. The van der Waals surface area contributed by atoms with Crippen molar-refractivity contribution in [1.82, 2.24) is 15.5 Å². The zero-order valence-electron chi connectivity index (χ0n) is 14.5. The Morgan fingerprint density at radius 3 is 2.70 bits per heavy atom. The topological polar surface area (TPSA) is 53.6 Å². The number of nitrogens with one attached hydrogen (secondary N) is 2. The highest BCUT2D eigenvalue weighted by Gasteiger charge is 2.19. The minimum Gasteiger partial charge on any atom is -0.374 e. The third-order valence-corrected chi connectivity index (χ3v) is 4.08. The van der Waals surface area contributed by atoms with Crippen LogP contribution in [0.3, 0.4) is 0 Å². The van der Waals surface area contributed by atoms with Crippen molar-refractivity contribution in [2.45, 2.75) is 46.1 Å². The first kappa shape index (κ1) is 17.9. The van der Waals surface area contributed by atoms with E-state index in [0.717, 1.165) is 30.8 Å². The summed E-state index contributed by atoms with van der Waals surface area (Å²) < 4.78 is 5.58. The second-order valence-corrected chi connectivity index (χ2v) is 6.48. The average Bonchev–Trinajstić information content (AvgIpc) is 2.54. The minimum absolute atomic E-state index is 0.0889. The third kappa shape index (κ3) is 6.29. The standard InChI is InChI=1S/C18H29N3O2/c1-14(2)23-13-17-6-4-16(5-7-17)11-20-18(22)12-21-9-8-19-10-15(21)3/h4-7,14-15,19H,8-13H2,1-3H3,(H,20,22)/t15-/m1/s1. The van der Waals surface area contributed by atoms with E-state index in [1.54, 1.807) is 0 Å². The van der Waals surface area contributed by atoms with Gasteiger partial charge in [0, 0.05) is 32.2 Å². The summed E-state index contributed by atoms with van der Waals surface area (Å²) >= 11 is 0. The summed E-state index contributed by atoms with van der Waals surface area (Å²) in [6.45, 7) is 10.7. The van der Waals surface area contributed by atoms with Crippen molar-refractivity contribution in [2.75, 3.05) is 26.2 Å². The van der Waals surface area contributed by atoms with E-state index in [1.807, 2.05) is 26.0 Å². The smallest absolute Gasteiger partial charge is 0.234 e. The summed E-state index contributed by atoms with van der Waals surface area (Å²) in [4.78, 5) is 14.3. The lowest BCUT2D eigenvalue weighted by Crippen LogP contribution is -2.52. The van der Waals surface area contributed by atoms with E-state index in [-0.39, 0.29) is 12.0 Å². The largest absolute Gasteiger partial charge is 0.374 e. The average molecular weight is 319 g/mol. The fraction of sp³-hybridized carbons (Fsp3) is 0.611. The maximum Gasteiger partial charge on any atom is 0.234 e. The van der Waals surface area contributed by atoms with E-state index in [9.17, 15) is 4.79 Å². The van der Waals surface area contributed by atoms with Gasteiger partial charge in [0.2, 0.25) is 5.91 Å². The first-order valence-corrected chi connectivity index (χ1v) is 8.45. The number of rotatable bonds is 7. The number of carbonyl (C=O) groups is 1. The molecule has 0 aliphatic carbocycles. The van der Waals surface area contributed by atoms with Gasteiger partial charge in [0.05, 0.1) is 19.3 Å². The molecule has 5 heteroatoms. The molecule has 1 aliphatic rings. The van der Waals surface area contributed by atoms with Gasteiger partial charge in [0.15, 0.2) is 0 Å². The van der Waals surface area contributed by atoms with E-state index in [4.69, 9.17) is 4.74 Å². The lowest BCUT2D eigenvalue weighted by Gasteiger charge is -2.33. The Morgan fingerprint density at radius 2 is 2.04 bits per heavy atom. The Hall–Kier alpha value is -1.43. The number of nitrogens with zero attached hydrogens (tertiary/aromatic N) is 1. The first-order chi connectivity index (χ1) is 11.0. The van der Waals surface area contributed by atoms with Crippen LogP contribution in [-0.4, -0.2) is 49.1 Å². The summed E-state index contributed by atoms with van der Waals surface area (Å²) in [6.07, 6.45) is 0.237. The summed E-state index contributed by atoms with van der Waals surface area (Å²) in [5.74, 6) is 0.0889. The number of hydrogen-bond acceptors (Lipinski definition) is 4. The zero-order chi connectivity index (χ0) is 16.7. The van der Waals surface area contributed by atoms with Crippen LogP contribution >= 0.6 is 0 Å². The van der Waals surface area contributed by atoms with Gasteiger partial charge in [0.1, 0.15) is 0 Å². The molecule has 0 bridgehead atoms. The van der Waals surface area contributed by atoms with E-state index in [1.165, 1.54) is 0 Å². The van der Waals surface area contributed by atoms with E-state index in [0.29, 0.717) is 25.7 Å². The highest BCUT2D eigenvalue weighted by atomic mass is 16.5. The van der Waals surface area contributed by atoms with E-state index in [2.05, 4.69) is 34.6 Å². The van der Waals surface area contributed by atoms with Crippen molar-refractivity contribution in [3.05, 3.63) is 35.4 Å². The molecule has 1 saturated heterocycles. The third-order valence-electron chi connectivity index (χ3n) is 4.08. The van der Waals surface area contributed by atoms with Gasteiger partial charge in [0.25, 0.3) is 0 Å². The quantitative estimate of drug-likeness (QED) is 0.800. The zero-order valence-corrected chi connectivity index (χ0v) is 14.5. The van der Waals surface area contributed by atoms with Crippen LogP contribution in [0.25, 0.3) is 0 Å². The molecule has 23 heavy (non-hydrogen) atoms. The molecule has 0 unspecified atom stereocenters. The molecule has 1 heterocycles. The van der Waals surface area contributed by atoms with Crippen LogP contribution in [0.5, 0.6) is 0 Å². The SMILES string of the molecule is CC(C)OCc1ccc(CNC(=O)CN2CCNC[C@H]2C)cc1.